The molecule has 3 aliphatic rings. The molecule has 11 nitrogen and oxygen atoms in total. The summed E-state index contributed by atoms with van der Waals surface area (Å²) in [4.78, 5) is 70.5. The minimum Gasteiger partial charge on any atom is -0.396 e. The van der Waals surface area contributed by atoms with E-state index in [1.165, 1.54) is 11.3 Å². The van der Waals surface area contributed by atoms with Crippen molar-refractivity contribution in [1.82, 2.24) is 25.8 Å². The molecular formula is C33H49N5O6. The van der Waals surface area contributed by atoms with Gasteiger partial charge in [0.15, 0.2) is 0 Å². The number of unbranched alkanes of at least 4 members (excludes halogenated alkanes) is 1. The van der Waals surface area contributed by atoms with E-state index in [0.29, 0.717) is 51.5 Å². The molecular weight excluding hydrogens is 562 g/mol. The van der Waals surface area contributed by atoms with Gasteiger partial charge in [-0.1, -0.05) is 31.2 Å². The molecule has 0 spiro atoms. The van der Waals surface area contributed by atoms with E-state index in [0.717, 1.165) is 37.1 Å². The van der Waals surface area contributed by atoms with Crippen molar-refractivity contribution in [1.29, 1.82) is 0 Å². The lowest BCUT2D eigenvalue weighted by Crippen LogP contribution is -2.65. The molecule has 0 radical (unpaired) electrons. The Bertz CT molecular complexity index is 1180. The number of likely N-dealkylation sites (tertiary alicyclic amines) is 1. The Morgan fingerprint density at radius 1 is 0.909 bits per heavy atom. The summed E-state index contributed by atoms with van der Waals surface area (Å²) in [5.41, 5.74) is 0.566. The van der Waals surface area contributed by atoms with Gasteiger partial charge in [-0.25, -0.2) is 0 Å². The number of carbonyl (C=O) groups excluding carboxylic acids is 5. The van der Waals surface area contributed by atoms with E-state index < -0.39 is 35.5 Å². The highest BCUT2D eigenvalue weighted by Gasteiger charge is 2.43. The van der Waals surface area contributed by atoms with Gasteiger partial charge in [0.05, 0.1) is 0 Å². The van der Waals surface area contributed by atoms with Gasteiger partial charge in [0.1, 0.15) is 23.7 Å². The molecule has 242 valence electrons. The minimum atomic E-state index is -1.30. The average Bonchev–Trinajstić information content (AvgIpc) is 3.53. The van der Waals surface area contributed by atoms with Crippen LogP contribution in [-0.4, -0.2) is 94.3 Å². The summed E-state index contributed by atoms with van der Waals surface area (Å²) >= 11 is 0. The Morgan fingerprint density at radius 3 is 2.30 bits per heavy atom. The number of aliphatic hydroxyl groups is 1. The third-order valence-corrected chi connectivity index (χ3v) is 9.38. The molecule has 4 N–H and O–H groups in total. The molecule has 5 amide bonds. The Kier molecular flexibility index (Phi) is 11.8. The van der Waals surface area contributed by atoms with Crippen LogP contribution in [0.4, 0.5) is 0 Å². The van der Waals surface area contributed by atoms with Crippen LogP contribution in [0.1, 0.15) is 89.2 Å². The second kappa shape index (κ2) is 15.5. The van der Waals surface area contributed by atoms with Crippen LogP contribution in [0.15, 0.2) is 24.3 Å². The van der Waals surface area contributed by atoms with Gasteiger partial charge < -0.3 is 30.9 Å². The number of rotatable bonds is 10. The summed E-state index contributed by atoms with van der Waals surface area (Å²) in [5, 5.41) is 17.8. The van der Waals surface area contributed by atoms with Gasteiger partial charge in [0.25, 0.3) is 0 Å². The van der Waals surface area contributed by atoms with E-state index >= 15 is 0 Å². The first-order valence-electron chi connectivity index (χ1n) is 16.4. The Balaban J connectivity index is 1.50. The summed E-state index contributed by atoms with van der Waals surface area (Å²) in [6.07, 6.45) is 7.33. The van der Waals surface area contributed by atoms with Gasteiger partial charge >= 0.3 is 0 Å². The summed E-state index contributed by atoms with van der Waals surface area (Å²) in [7, 11) is 0. The number of fused-ring (bicyclic) bond motifs is 1. The summed E-state index contributed by atoms with van der Waals surface area (Å²) in [5.74, 6) is -1.45. The van der Waals surface area contributed by atoms with E-state index in [4.69, 9.17) is 0 Å². The van der Waals surface area contributed by atoms with Gasteiger partial charge in [-0.2, -0.15) is 0 Å². The quantitative estimate of drug-likeness (QED) is 0.296. The SMILES string of the molecule is CC[C@]1(C)NC(=O)[C@H](CCCCO)NC(=O)[C@H]2CCCN2C(=O)[C@H](Cc2ccc(CCC(=O)N3CCCCC3)cc2)NC1=O. The lowest BCUT2D eigenvalue weighted by Gasteiger charge is -2.36. The van der Waals surface area contributed by atoms with Crippen molar-refractivity contribution in [2.24, 2.45) is 0 Å². The third-order valence-electron chi connectivity index (χ3n) is 9.38. The summed E-state index contributed by atoms with van der Waals surface area (Å²) < 4.78 is 0. The van der Waals surface area contributed by atoms with Crippen LogP contribution in [0.25, 0.3) is 0 Å². The lowest BCUT2D eigenvalue weighted by molar-refractivity contribution is -0.144. The van der Waals surface area contributed by atoms with Crippen LogP contribution in [-0.2, 0) is 36.8 Å². The van der Waals surface area contributed by atoms with E-state index in [1.807, 2.05) is 29.2 Å². The normalized spacial score (nSPS) is 26.7. The molecule has 3 heterocycles. The predicted octanol–water partition coefficient (Wildman–Crippen LogP) is 1.60. The van der Waals surface area contributed by atoms with Crippen molar-refractivity contribution in [3.63, 3.8) is 0 Å². The van der Waals surface area contributed by atoms with Crippen LogP contribution in [0.5, 0.6) is 0 Å². The fourth-order valence-corrected chi connectivity index (χ4v) is 6.31. The molecule has 0 saturated carbocycles. The smallest absolute Gasteiger partial charge is 0.246 e. The molecule has 4 rings (SSSR count). The number of benzene rings is 1. The molecule has 1 aromatic carbocycles. The molecule has 11 heteroatoms. The van der Waals surface area contributed by atoms with E-state index in [9.17, 15) is 29.1 Å². The predicted molar refractivity (Wildman–Crippen MR) is 165 cm³/mol. The number of piperidine rings is 1. The van der Waals surface area contributed by atoms with Gasteiger partial charge in [0, 0.05) is 39.1 Å². The summed E-state index contributed by atoms with van der Waals surface area (Å²) in [6.45, 7) is 5.45. The molecule has 3 fully saturated rings. The molecule has 0 aromatic heterocycles. The second-order valence-electron chi connectivity index (χ2n) is 12.6. The second-order valence-corrected chi connectivity index (χ2v) is 12.6. The van der Waals surface area contributed by atoms with Gasteiger partial charge in [0.2, 0.25) is 29.5 Å². The maximum Gasteiger partial charge on any atom is 0.246 e. The molecule has 3 saturated heterocycles. The highest BCUT2D eigenvalue weighted by Crippen LogP contribution is 2.22. The first kappa shape index (κ1) is 33.4. The zero-order valence-corrected chi connectivity index (χ0v) is 26.2. The van der Waals surface area contributed by atoms with Crippen molar-refractivity contribution < 1.29 is 29.1 Å². The van der Waals surface area contributed by atoms with Crippen molar-refractivity contribution in [2.75, 3.05) is 26.2 Å². The van der Waals surface area contributed by atoms with Crippen molar-refractivity contribution in [3.8, 4) is 0 Å². The minimum absolute atomic E-state index is 0.0230. The van der Waals surface area contributed by atoms with Crippen LogP contribution in [0.3, 0.4) is 0 Å². The van der Waals surface area contributed by atoms with Crippen LogP contribution < -0.4 is 16.0 Å². The molecule has 0 bridgehead atoms. The van der Waals surface area contributed by atoms with Crippen LogP contribution in [0, 0.1) is 0 Å². The third kappa shape index (κ3) is 8.37. The number of nitrogens with zero attached hydrogens (tertiary/aromatic N) is 2. The van der Waals surface area contributed by atoms with Crippen LogP contribution >= 0.6 is 0 Å². The number of amides is 5. The number of hydrogen-bond donors (Lipinski definition) is 4. The van der Waals surface area contributed by atoms with E-state index in [-0.39, 0.29) is 37.2 Å². The van der Waals surface area contributed by atoms with Crippen molar-refractivity contribution in [2.45, 2.75) is 115 Å². The average molecular weight is 612 g/mol. The molecule has 3 aliphatic heterocycles. The molecule has 4 atom stereocenters. The standard InChI is InChI=1S/C33H49N5O6/c1-3-33(2)32(44)35-26(22-24-14-12-23(13-15-24)16-17-28(40)37-18-6-4-7-19-37)31(43)38-20-9-11-27(38)30(42)34-25(29(41)36-33)10-5-8-21-39/h12-15,25-27,39H,3-11,16-22H2,1-2H3,(H,34,42)(H,35,44)(H,36,41)/t25-,26-,27+,33-/m0/s1. The number of carbonyl (C=O) groups is 5. The number of aliphatic hydroxyl groups excluding tert-OH is 1. The maximum atomic E-state index is 14.0. The van der Waals surface area contributed by atoms with Gasteiger partial charge in [-0.15, -0.1) is 0 Å². The van der Waals surface area contributed by atoms with Crippen molar-refractivity contribution >= 4 is 29.5 Å². The Morgan fingerprint density at radius 2 is 1.61 bits per heavy atom. The van der Waals surface area contributed by atoms with Crippen LogP contribution in [0.2, 0.25) is 0 Å². The topological polar surface area (TPSA) is 148 Å². The molecule has 44 heavy (non-hydrogen) atoms. The van der Waals surface area contributed by atoms with E-state index in [1.54, 1.807) is 13.8 Å². The number of aryl methyl sites for hydroxylation is 1. The largest absolute Gasteiger partial charge is 0.396 e. The van der Waals surface area contributed by atoms with Crippen molar-refractivity contribution in [3.05, 3.63) is 35.4 Å². The number of hydrogen-bond acceptors (Lipinski definition) is 6. The zero-order valence-electron chi connectivity index (χ0n) is 26.2. The van der Waals surface area contributed by atoms with Gasteiger partial charge in [-0.3, -0.25) is 24.0 Å². The summed E-state index contributed by atoms with van der Waals surface area (Å²) in [6, 6.07) is 5.22. The first-order valence-corrected chi connectivity index (χ1v) is 16.4. The lowest BCUT2D eigenvalue weighted by atomic mass is 9.94. The highest BCUT2D eigenvalue weighted by molar-refractivity contribution is 5.99. The molecule has 0 unspecified atom stereocenters. The monoisotopic (exact) mass is 611 g/mol. The fraction of sp³-hybridized carbons (Fsp3) is 0.667. The zero-order chi connectivity index (χ0) is 31.7. The Labute approximate surface area is 260 Å². The fourth-order valence-electron chi connectivity index (χ4n) is 6.31. The highest BCUT2D eigenvalue weighted by atomic mass is 16.3. The first-order chi connectivity index (χ1) is 21.1. The molecule has 0 aliphatic carbocycles. The maximum absolute atomic E-state index is 14.0. The van der Waals surface area contributed by atoms with Gasteiger partial charge in [-0.05, 0) is 82.3 Å². The molecule has 1 aromatic rings. The number of nitrogens with one attached hydrogen (secondary N) is 3. The van der Waals surface area contributed by atoms with E-state index in [2.05, 4.69) is 16.0 Å². The Hall–Kier alpha value is -3.47.